The minimum atomic E-state index is 0.293. The lowest BCUT2D eigenvalue weighted by molar-refractivity contribution is 0.419. The fraction of sp³-hybridized carbons (Fsp3) is 0.200. The summed E-state index contributed by atoms with van der Waals surface area (Å²) in [6, 6.07) is 21.8. The number of benzene rings is 3. The maximum Gasteiger partial charge on any atom is 0.142 e. The molecule has 1 aliphatic heterocycles. The van der Waals surface area contributed by atoms with E-state index in [9.17, 15) is 0 Å². The van der Waals surface area contributed by atoms with Gasteiger partial charge in [0.1, 0.15) is 5.75 Å². The second-order valence-electron chi connectivity index (χ2n) is 7.00. The van der Waals surface area contributed by atoms with Gasteiger partial charge in [0.15, 0.2) is 0 Å². The van der Waals surface area contributed by atoms with Gasteiger partial charge in [-0.3, -0.25) is 0 Å². The normalized spacial score (nSPS) is 15.7. The number of para-hydroxylation sites is 1. The van der Waals surface area contributed by atoms with E-state index < -0.39 is 0 Å². The smallest absolute Gasteiger partial charge is 0.142 e. The van der Waals surface area contributed by atoms with E-state index in [0.717, 1.165) is 30.7 Å². The van der Waals surface area contributed by atoms with E-state index in [1.165, 1.54) is 33.0 Å². The molecule has 3 heteroatoms. The Hall–Kier alpha value is -3.04. The van der Waals surface area contributed by atoms with Crippen LogP contribution in [0.2, 0.25) is 0 Å². The van der Waals surface area contributed by atoms with Crippen molar-refractivity contribution >= 4 is 21.7 Å². The molecule has 1 aromatic heterocycles. The van der Waals surface area contributed by atoms with Crippen molar-refractivity contribution in [2.45, 2.75) is 18.9 Å². The molecule has 0 saturated carbocycles. The Morgan fingerprint density at radius 3 is 2.57 bits per heavy atom. The summed E-state index contributed by atoms with van der Waals surface area (Å²) >= 11 is 0. The fourth-order valence-electron chi connectivity index (χ4n) is 4.34. The Balaban J connectivity index is 0.000000932. The summed E-state index contributed by atoms with van der Waals surface area (Å²) in [5.41, 5.74) is 5.25. The van der Waals surface area contributed by atoms with Gasteiger partial charge in [0.05, 0.1) is 18.7 Å². The monoisotopic (exact) mass is 370 g/mol. The Labute approximate surface area is 166 Å². The summed E-state index contributed by atoms with van der Waals surface area (Å²) in [6.07, 6.45) is 2.03. The van der Waals surface area contributed by atoms with Crippen molar-refractivity contribution in [2.24, 2.45) is 0 Å². The molecule has 1 atom stereocenters. The Bertz CT molecular complexity index is 1110. The third-order valence-corrected chi connectivity index (χ3v) is 5.57. The first-order chi connectivity index (χ1) is 13.8. The quantitative estimate of drug-likeness (QED) is 0.463. The first-order valence-corrected chi connectivity index (χ1v) is 9.72. The maximum atomic E-state index is 5.56. The minimum Gasteiger partial charge on any atom is -0.495 e. The molecule has 0 spiro atoms. The van der Waals surface area contributed by atoms with Crippen molar-refractivity contribution in [3.05, 3.63) is 90.6 Å². The van der Waals surface area contributed by atoms with Gasteiger partial charge in [0, 0.05) is 11.1 Å². The Morgan fingerprint density at radius 2 is 1.71 bits per heavy atom. The van der Waals surface area contributed by atoms with Crippen LogP contribution in [-0.4, -0.2) is 18.6 Å². The number of methoxy groups -OCH3 is 1. The average molecular weight is 370 g/mol. The lowest BCUT2D eigenvalue weighted by Crippen LogP contribution is -2.31. The number of rotatable bonds is 3. The van der Waals surface area contributed by atoms with Crippen LogP contribution in [-0.2, 0) is 12.8 Å². The summed E-state index contributed by atoms with van der Waals surface area (Å²) in [6.45, 7) is 7.01. The van der Waals surface area contributed by atoms with Crippen molar-refractivity contribution in [1.82, 2.24) is 10.3 Å². The average Bonchev–Trinajstić information content (AvgIpc) is 3.15. The summed E-state index contributed by atoms with van der Waals surface area (Å²) in [5, 5.41) is 7.66. The third kappa shape index (κ3) is 3.08. The van der Waals surface area contributed by atoms with E-state index in [0.29, 0.717) is 6.04 Å². The standard InChI is InChI=1S/C23H22N2O.C2H4/c1-26-21-11-5-10-18-19-12-13-24-20(22(19)25-23(18)21)14-16-8-4-7-15-6-2-3-9-17(15)16;1-2/h2-11,20,24-25H,12-14H2,1H3;1-2H2. The van der Waals surface area contributed by atoms with Gasteiger partial charge in [0.25, 0.3) is 0 Å². The highest BCUT2D eigenvalue weighted by Crippen LogP contribution is 2.36. The highest BCUT2D eigenvalue weighted by molar-refractivity contribution is 5.90. The van der Waals surface area contributed by atoms with Crippen LogP contribution >= 0.6 is 0 Å². The topological polar surface area (TPSA) is 37.0 Å². The summed E-state index contributed by atoms with van der Waals surface area (Å²) < 4.78 is 5.56. The molecule has 5 rings (SSSR count). The van der Waals surface area contributed by atoms with E-state index in [4.69, 9.17) is 4.74 Å². The molecule has 1 unspecified atom stereocenters. The number of H-pyrrole nitrogens is 1. The van der Waals surface area contributed by atoms with Crippen molar-refractivity contribution < 1.29 is 4.74 Å². The molecule has 1 aliphatic rings. The molecule has 2 N–H and O–H groups in total. The second kappa shape index (κ2) is 7.91. The number of nitrogens with one attached hydrogen (secondary N) is 2. The predicted octanol–water partition coefficient (Wildman–Crippen LogP) is 5.56. The fourth-order valence-corrected chi connectivity index (χ4v) is 4.34. The van der Waals surface area contributed by atoms with Crippen molar-refractivity contribution in [3.8, 4) is 5.75 Å². The molecule has 0 amide bonds. The van der Waals surface area contributed by atoms with Gasteiger partial charge in [-0.25, -0.2) is 0 Å². The van der Waals surface area contributed by atoms with E-state index in [1.807, 2.05) is 6.07 Å². The Morgan fingerprint density at radius 1 is 0.964 bits per heavy atom. The number of hydrogen-bond acceptors (Lipinski definition) is 2. The first-order valence-electron chi connectivity index (χ1n) is 9.72. The van der Waals surface area contributed by atoms with Crippen molar-refractivity contribution in [2.75, 3.05) is 13.7 Å². The van der Waals surface area contributed by atoms with E-state index in [1.54, 1.807) is 7.11 Å². The second-order valence-corrected chi connectivity index (χ2v) is 7.00. The van der Waals surface area contributed by atoms with Crippen LogP contribution in [0, 0.1) is 0 Å². The van der Waals surface area contributed by atoms with Gasteiger partial charge in [0.2, 0.25) is 0 Å². The number of aromatic amines is 1. The van der Waals surface area contributed by atoms with Crippen LogP contribution in [0.25, 0.3) is 21.7 Å². The molecule has 28 heavy (non-hydrogen) atoms. The molecule has 0 radical (unpaired) electrons. The molecule has 0 saturated heterocycles. The van der Waals surface area contributed by atoms with Crippen LogP contribution in [0.15, 0.2) is 73.8 Å². The molecule has 4 aromatic rings. The van der Waals surface area contributed by atoms with E-state index in [-0.39, 0.29) is 0 Å². The van der Waals surface area contributed by atoms with E-state index in [2.05, 4.69) is 78.1 Å². The zero-order valence-electron chi connectivity index (χ0n) is 16.3. The number of aromatic nitrogens is 1. The SMILES string of the molecule is C=C.COc1cccc2c3c([nH]c12)C(Cc1cccc2ccccc12)NCC3. The molecule has 0 aliphatic carbocycles. The third-order valence-electron chi connectivity index (χ3n) is 5.57. The summed E-state index contributed by atoms with van der Waals surface area (Å²) in [7, 11) is 1.74. The van der Waals surface area contributed by atoms with Gasteiger partial charge in [-0.1, -0.05) is 54.6 Å². The van der Waals surface area contributed by atoms with Gasteiger partial charge < -0.3 is 15.0 Å². The Kier molecular flexibility index (Phi) is 5.18. The van der Waals surface area contributed by atoms with Crippen LogP contribution < -0.4 is 10.1 Å². The number of hydrogen-bond donors (Lipinski definition) is 2. The van der Waals surface area contributed by atoms with Crippen LogP contribution in [0.3, 0.4) is 0 Å². The number of ether oxygens (including phenoxy) is 1. The van der Waals surface area contributed by atoms with Gasteiger partial charge >= 0.3 is 0 Å². The van der Waals surface area contributed by atoms with Crippen molar-refractivity contribution in [1.29, 1.82) is 0 Å². The lowest BCUT2D eigenvalue weighted by atomic mass is 9.92. The highest BCUT2D eigenvalue weighted by atomic mass is 16.5. The maximum absolute atomic E-state index is 5.56. The van der Waals surface area contributed by atoms with Crippen molar-refractivity contribution in [3.63, 3.8) is 0 Å². The van der Waals surface area contributed by atoms with E-state index >= 15 is 0 Å². The molecule has 142 valence electrons. The van der Waals surface area contributed by atoms with Crippen LogP contribution in [0.1, 0.15) is 22.9 Å². The number of fused-ring (bicyclic) bond motifs is 4. The molecular weight excluding hydrogens is 344 g/mol. The highest BCUT2D eigenvalue weighted by Gasteiger charge is 2.25. The molecule has 3 nitrogen and oxygen atoms in total. The minimum absolute atomic E-state index is 0.293. The largest absolute Gasteiger partial charge is 0.495 e. The van der Waals surface area contributed by atoms with Crippen LogP contribution in [0.4, 0.5) is 0 Å². The lowest BCUT2D eigenvalue weighted by Gasteiger charge is -2.25. The van der Waals surface area contributed by atoms with Gasteiger partial charge in [-0.05, 0) is 47.4 Å². The first kappa shape index (κ1) is 18.3. The molecule has 2 heterocycles. The summed E-state index contributed by atoms with van der Waals surface area (Å²) in [5.74, 6) is 0.917. The molecule has 0 fully saturated rings. The summed E-state index contributed by atoms with van der Waals surface area (Å²) in [4.78, 5) is 3.67. The van der Waals surface area contributed by atoms with Crippen LogP contribution in [0.5, 0.6) is 5.75 Å². The zero-order chi connectivity index (χ0) is 19.5. The molecular formula is C25H26N2O. The molecule has 3 aromatic carbocycles. The predicted molar refractivity (Wildman–Crippen MR) is 118 cm³/mol. The zero-order valence-corrected chi connectivity index (χ0v) is 16.3. The van der Waals surface area contributed by atoms with Gasteiger partial charge in [-0.15, -0.1) is 13.2 Å². The van der Waals surface area contributed by atoms with Gasteiger partial charge in [-0.2, -0.15) is 0 Å². The molecule has 0 bridgehead atoms.